The molecule has 0 N–H and O–H groups in total. The van der Waals surface area contributed by atoms with Crippen LogP contribution in [0.15, 0.2) is 11.6 Å². The maximum atomic E-state index is 5.67. The van der Waals surface area contributed by atoms with Crippen molar-refractivity contribution in [1.82, 2.24) is 0 Å². The molecule has 0 saturated carbocycles. The Morgan fingerprint density at radius 1 is 1.50 bits per heavy atom. The summed E-state index contributed by atoms with van der Waals surface area (Å²) in [4.78, 5) is 0. The molecule has 0 aromatic heterocycles. The molecule has 0 aromatic carbocycles. The average molecular weight is 168 g/mol. The minimum atomic E-state index is 0.159. The number of hydrogen-bond acceptors (Lipinski definition) is 1. The van der Waals surface area contributed by atoms with Crippen molar-refractivity contribution in [2.24, 2.45) is 5.92 Å². The van der Waals surface area contributed by atoms with Crippen LogP contribution < -0.4 is 0 Å². The van der Waals surface area contributed by atoms with Gasteiger partial charge >= 0.3 is 0 Å². The highest BCUT2D eigenvalue weighted by Gasteiger charge is 2.53. The first kappa shape index (κ1) is 9.79. The standard InChI is InChI=1S/C11H20O/c1-8(2)6-7-10-11(5,12-10)9(3)4/h6,9-10H,7H2,1-5H3. The molecule has 1 rings (SSSR count). The average Bonchev–Trinajstić information content (AvgIpc) is 2.59. The summed E-state index contributed by atoms with van der Waals surface area (Å²) < 4.78 is 5.67. The largest absolute Gasteiger partial charge is 0.366 e. The maximum absolute atomic E-state index is 5.67. The van der Waals surface area contributed by atoms with E-state index in [9.17, 15) is 0 Å². The fraction of sp³-hybridized carbons (Fsp3) is 0.818. The summed E-state index contributed by atoms with van der Waals surface area (Å²) >= 11 is 0. The number of epoxide rings is 1. The SMILES string of the molecule is CC(C)=CCC1OC1(C)C(C)C. The molecule has 0 amide bonds. The summed E-state index contributed by atoms with van der Waals surface area (Å²) in [5.41, 5.74) is 1.54. The molecule has 1 nitrogen and oxygen atoms in total. The van der Waals surface area contributed by atoms with E-state index in [-0.39, 0.29) is 5.60 Å². The van der Waals surface area contributed by atoms with Crippen molar-refractivity contribution in [2.45, 2.75) is 52.7 Å². The van der Waals surface area contributed by atoms with Crippen LogP contribution in [0.2, 0.25) is 0 Å². The van der Waals surface area contributed by atoms with Gasteiger partial charge in [0.05, 0.1) is 11.7 Å². The lowest BCUT2D eigenvalue weighted by atomic mass is 9.92. The molecule has 2 atom stereocenters. The highest BCUT2D eigenvalue weighted by molar-refractivity contribution is 5.06. The van der Waals surface area contributed by atoms with Gasteiger partial charge in [-0.1, -0.05) is 25.5 Å². The molecule has 1 aliphatic rings. The van der Waals surface area contributed by atoms with E-state index in [1.165, 1.54) is 5.57 Å². The molecule has 1 aliphatic heterocycles. The van der Waals surface area contributed by atoms with Crippen molar-refractivity contribution in [3.63, 3.8) is 0 Å². The van der Waals surface area contributed by atoms with Crippen LogP contribution in [0.5, 0.6) is 0 Å². The van der Waals surface area contributed by atoms with Crippen LogP contribution >= 0.6 is 0 Å². The second-order valence-electron chi connectivity index (χ2n) is 4.46. The third kappa shape index (κ3) is 1.89. The molecule has 1 fully saturated rings. The summed E-state index contributed by atoms with van der Waals surface area (Å²) in [6.07, 6.45) is 3.81. The number of allylic oxidation sites excluding steroid dienone is 1. The van der Waals surface area contributed by atoms with E-state index >= 15 is 0 Å². The third-order valence-electron chi connectivity index (χ3n) is 2.86. The van der Waals surface area contributed by atoms with Crippen LogP contribution in [-0.2, 0) is 4.74 Å². The first-order valence-corrected chi connectivity index (χ1v) is 4.78. The lowest BCUT2D eigenvalue weighted by Crippen LogP contribution is -2.17. The molecular weight excluding hydrogens is 148 g/mol. The number of rotatable bonds is 3. The van der Waals surface area contributed by atoms with E-state index in [0.29, 0.717) is 12.0 Å². The van der Waals surface area contributed by atoms with Crippen LogP contribution in [0.3, 0.4) is 0 Å². The first-order chi connectivity index (χ1) is 5.47. The van der Waals surface area contributed by atoms with Crippen LogP contribution in [0.1, 0.15) is 41.0 Å². The second-order valence-corrected chi connectivity index (χ2v) is 4.46. The van der Waals surface area contributed by atoms with Gasteiger partial charge in [-0.3, -0.25) is 0 Å². The lowest BCUT2D eigenvalue weighted by molar-refractivity contribution is 0.254. The van der Waals surface area contributed by atoms with Crippen LogP contribution in [-0.4, -0.2) is 11.7 Å². The molecule has 70 valence electrons. The minimum Gasteiger partial charge on any atom is -0.366 e. The molecule has 1 saturated heterocycles. The van der Waals surface area contributed by atoms with Crippen LogP contribution in [0.25, 0.3) is 0 Å². The number of ether oxygens (including phenoxy) is 1. The van der Waals surface area contributed by atoms with Gasteiger partial charge in [0.2, 0.25) is 0 Å². The van der Waals surface area contributed by atoms with Crippen molar-refractivity contribution in [3.05, 3.63) is 11.6 Å². The molecule has 0 aromatic rings. The van der Waals surface area contributed by atoms with Crippen molar-refractivity contribution >= 4 is 0 Å². The zero-order valence-corrected chi connectivity index (χ0v) is 8.85. The Morgan fingerprint density at radius 2 is 2.08 bits per heavy atom. The monoisotopic (exact) mass is 168 g/mol. The first-order valence-electron chi connectivity index (χ1n) is 4.78. The van der Waals surface area contributed by atoms with Gasteiger partial charge in [-0.05, 0) is 33.1 Å². The van der Waals surface area contributed by atoms with Crippen molar-refractivity contribution < 1.29 is 4.74 Å². The normalized spacial score (nSPS) is 33.7. The van der Waals surface area contributed by atoms with E-state index in [2.05, 4.69) is 40.7 Å². The summed E-state index contributed by atoms with van der Waals surface area (Å²) in [6, 6.07) is 0. The molecule has 0 spiro atoms. The predicted octanol–water partition coefficient (Wildman–Crippen LogP) is 3.16. The molecule has 1 heterocycles. The summed E-state index contributed by atoms with van der Waals surface area (Å²) in [5.74, 6) is 0.632. The van der Waals surface area contributed by atoms with Crippen molar-refractivity contribution in [3.8, 4) is 0 Å². The Morgan fingerprint density at radius 3 is 2.42 bits per heavy atom. The van der Waals surface area contributed by atoms with Gasteiger partial charge in [0.1, 0.15) is 0 Å². The minimum absolute atomic E-state index is 0.159. The smallest absolute Gasteiger partial charge is 0.0946 e. The van der Waals surface area contributed by atoms with Crippen LogP contribution in [0.4, 0.5) is 0 Å². The second kappa shape index (κ2) is 3.21. The molecule has 0 bridgehead atoms. The molecule has 2 unspecified atom stereocenters. The Kier molecular flexibility index (Phi) is 2.62. The highest BCUT2D eigenvalue weighted by atomic mass is 16.6. The van der Waals surface area contributed by atoms with Crippen molar-refractivity contribution in [2.75, 3.05) is 0 Å². The van der Waals surface area contributed by atoms with Crippen LogP contribution in [0, 0.1) is 5.92 Å². The van der Waals surface area contributed by atoms with Gasteiger partial charge in [-0.2, -0.15) is 0 Å². The van der Waals surface area contributed by atoms with E-state index in [4.69, 9.17) is 4.74 Å². The maximum Gasteiger partial charge on any atom is 0.0946 e. The van der Waals surface area contributed by atoms with E-state index in [0.717, 1.165) is 6.42 Å². The van der Waals surface area contributed by atoms with Gasteiger partial charge in [0.25, 0.3) is 0 Å². The van der Waals surface area contributed by atoms with Gasteiger partial charge in [-0.15, -0.1) is 0 Å². The number of hydrogen-bond donors (Lipinski definition) is 0. The zero-order chi connectivity index (χ0) is 9.35. The topological polar surface area (TPSA) is 12.5 Å². The summed E-state index contributed by atoms with van der Waals surface area (Å²) in [7, 11) is 0. The molecule has 12 heavy (non-hydrogen) atoms. The van der Waals surface area contributed by atoms with E-state index in [1.807, 2.05) is 0 Å². The van der Waals surface area contributed by atoms with Gasteiger partial charge in [0.15, 0.2) is 0 Å². The van der Waals surface area contributed by atoms with Gasteiger partial charge in [-0.25, -0.2) is 0 Å². The Balaban J connectivity index is 2.37. The lowest BCUT2D eigenvalue weighted by Gasteiger charge is -2.09. The molecule has 1 heteroatoms. The van der Waals surface area contributed by atoms with E-state index < -0.39 is 0 Å². The quantitative estimate of drug-likeness (QED) is 0.466. The fourth-order valence-corrected chi connectivity index (χ4v) is 1.41. The zero-order valence-electron chi connectivity index (χ0n) is 8.85. The molecule has 0 radical (unpaired) electrons. The van der Waals surface area contributed by atoms with Gasteiger partial charge < -0.3 is 4.74 Å². The summed E-state index contributed by atoms with van der Waals surface area (Å²) in [6.45, 7) is 10.9. The predicted molar refractivity (Wildman–Crippen MR) is 52.2 cm³/mol. The van der Waals surface area contributed by atoms with Gasteiger partial charge in [0, 0.05) is 0 Å². The molecule has 0 aliphatic carbocycles. The van der Waals surface area contributed by atoms with Crippen molar-refractivity contribution in [1.29, 1.82) is 0 Å². The summed E-state index contributed by atoms with van der Waals surface area (Å²) in [5, 5.41) is 0. The Hall–Kier alpha value is -0.300. The highest BCUT2D eigenvalue weighted by Crippen LogP contribution is 2.44. The third-order valence-corrected chi connectivity index (χ3v) is 2.86. The Labute approximate surface area is 75.8 Å². The van der Waals surface area contributed by atoms with E-state index in [1.54, 1.807) is 0 Å². The fourth-order valence-electron chi connectivity index (χ4n) is 1.41. The molecular formula is C11H20O. The Bertz CT molecular complexity index is 189.